The van der Waals surface area contributed by atoms with Crippen molar-refractivity contribution in [2.75, 3.05) is 0 Å². The molecule has 3 rings (SSSR count). The minimum absolute atomic E-state index is 0. The van der Waals surface area contributed by atoms with Crippen molar-refractivity contribution in [2.24, 2.45) is 0 Å². The van der Waals surface area contributed by atoms with Gasteiger partial charge in [-0.2, -0.15) is 0 Å². The quantitative estimate of drug-likeness (QED) is 0.594. The Hall–Kier alpha value is -1.21. The average Bonchev–Trinajstić information content (AvgIpc) is 2.36. The Labute approximate surface area is 125 Å². The molecular weight excluding hydrogens is 318 g/mol. The first-order chi connectivity index (χ1) is 7.79. The molecule has 18 heavy (non-hydrogen) atoms. The van der Waals surface area contributed by atoms with Gasteiger partial charge in [0.2, 0.25) is 0 Å². The molecule has 0 saturated heterocycles. The number of rotatable bonds is 0. The molecule has 0 fully saturated rings. The van der Waals surface area contributed by atoms with Crippen molar-refractivity contribution in [3.63, 3.8) is 0 Å². The van der Waals surface area contributed by atoms with Crippen LogP contribution in [0.4, 0.5) is 0 Å². The molecule has 0 aliphatic rings. The summed E-state index contributed by atoms with van der Waals surface area (Å²) in [7, 11) is 0. The normalized spacial score (nSPS) is 9.78. The van der Waals surface area contributed by atoms with Gasteiger partial charge in [-0.05, 0) is 21.5 Å². The van der Waals surface area contributed by atoms with E-state index in [1.54, 1.807) is 24.3 Å². The van der Waals surface area contributed by atoms with Crippen molar-refractivity contribution in [3.8, 4) is 11.5 Å². The van der Waals surface area contributed by atoms with Gasteiger partial charge in [-0.3, -0.25) is 0 Å². The molecule has 3 aromatic carbocycles. The minimum Gasteiger partial charge on any atom is -0.872 e. The third kappa shape index (κ3) is 2.08. The maximum atomic E-state index is 11.8. The topological polar surface area (TPSA) is 46.1 Å². The number of fused-ring (bicyclic) bond motifs is 3. The van der Waals surface area contributed by atoms with Gasteiger partial charge in [0, 0.05) is 33.6 Å². The molecule has 0 atom stereocenters. The molecule has 0 spiro atoms. The maximum absolute atomic E-state index is 11.8. The van der Waals surface area contributed by atoms with Gasteiger partial charge < -0.3 is 10.2 Å². The van der Waals surface area contributed by atoms with E-state index in [9.17, 15) is 10.2 Å². The van der Waals surface area contributed by atoms with Crippen LogP contribution in [0, 0.1) is 0 Å². The van der Waals surface area contributed by atoms with Crippen LogP contribution < -0.4 is 10.2 Å². The average molecular weight is 326 g/mol. The molecule has 4 heteroatoms. The summed E-state index contributed by atoms with van der Waals surface area (Å²) < 4.78 is 0. The summed E-state index contributed by atoms with van der Waals surface area (Å²) in [5.41, 5.74) is 0. The third-order valence-corrected chi connectivity index (χ3v) is 2.84. The van der Waals surface area contributed by atoms with Crippen LogP contribution in [-0.4, -0.2) is 0 Å². The predicted octanol–water partition coefficient (Wildman–Crippen LogP) is 2.14. The fourth-order valence-electron chi connectivity index (χ4n) is 2.08. The fraction of sp³-hybridized carbons (Fsp3) is 0. The third-order valence-electron chi connectivity index (χ3n) is 2.84. The van der Waals surface area contributed by atoms with E-state index in [0.29, 0.717) is 10.8 Å². The van der Waals surface area contributed by atoms with Crippen molar-refractivity contribution in [1.82, 2.24) is 0 Å². The van der Waals surface area contributed by atoms with Crippen molar-refractivity contribution in [3.05, 3.63) is 48.5 Å². The van der Waals surface area contributed by atoms with Crippen LogP contribution in [0.15, 0.2) is 48.5 Å². The van der Waals surface area contributed by atoms with E-state index in [1.807, 2.05) is 24.3 Å². The zero-order chi connectivity index (χ0) is 11.1. The van der Waals surface area contributed by atoms with Gasteiger partial charge in [0.15, 0.2) is 0 Å². The SMILES string of the molecule is [Co].[Co].[O-]c1c([O-])c2ccccc2c2ccccc12. The van der Waals surface area contributed by atoms with Crippen LogP contribution in [0.5, 0.6) is 11.5 Å². The van der Waals surface area contributed by atoms with Gasteiger partial charge in [-0.1, -0.05) is 48.5 Å². The molecule has 0 aromatic heterocycles. The number of benzene rings is 3. The van der Waals surface area contributed by atoms with Gasteiger partial charge in [0.1, 0.15) is 0 Å². The van der Waals surface area contributed by atoms with Crippen LogP contribution >= 0.6 is 0 Å². The zero-order valence-corrected chi connectivity index (χ0v) is 11.2. The first kappa shape index (κ1) is 14.9. The Morgan fingerprint density at radius 3 is 1.11 bits per heavy atom. The molecule has 0 unspecified atom stereocenters. The second-order valence-electron chi connectivity index (χ2n) is 3.75. The number of hydrogen-bond donors (Lipinski definition) is 0. The van der Waals surface area contributed by atoms with Gasteiger partial charge in [0.25, 0.3) is 0 Å². The molecule has 0 bridgehead atoms. The van der Waals surface area contributed by atoms with Gasteiger partial charge in [0.05, 0.1) is 0 Å². The Bertz CT molecular complexity index is 635. The first-order valence-corrected chi connectivity index (χ1v) is 5.06. The van der Waals surface area contributed by atoms with Crippen molar-refractivity contribution in [2.45, 2.75) is 0 Å². The van der Waals surface area contributed by atoms with E-state index in [4.69, 9.17) is 0 Å². The molecule has 96 valence electrons. The van der Waals surface area contributed by atoms with Gasteiger partial charge in [-0.15, -0.1) is 11.5 Å². The number of hydrogen-bond acceptors (Lipinski definition) is 2. The van der Waals surface area contributed by atoms with Crippen LogP contribution in [-0.2, 0) is 33.6 Å². The summed E-state index contributed by atoms with van der Waals surface area (Å²) in [6.45, 7) is 0. The van der Waals surface area contributed by atoms with Crippen molar-refractivity contribution < 1.29 is 43.8 Å². The van der Waals surface area contributed by atoms with Crippen LogP contribution in [0.3, 0.4) is 0 Å². The van der Waals surface area contributed by atoms with E-state index in [2.05, 4.69) is 0 Å². The second kappa shape index (κ2) is 5.62. The summed E-state index contributed by atoms with van der Waals surface area (Å²) >= 11 is 0. The molecule has 2 radical (unpaired) electrons. The second-order valence-corrected chi connectivity index (χ2v) is 3.75. The smallest absolute Gasteiger partial charge is 0 e. The summed E-state index contributed by atoms with van der Waals surface area (Å²) in [5, 5.41) is 26.4. The molecule has 0 heterocycles. The van der Waals surface area contributed by atoms with Crippen molar-refractivity contribution in [1.29, 1.82) is 0 Å². The molecule has 0 aliphatic heterocycles. The van der Waals surface area contributed by atoms with E-state index in [0.717, 1.165) is 10.8 Å². The molecule has 0 aliphatic carbocycles. The van der Waals surface area contributed by atoms with E-state index >= 15 is 0 Å². The molecule has 2 nitrogen and oxygen atoms in total. The van der Waals surface area contributed by atoms with E-state index < -0.39 is 11.5 Å². The standard InChI is InChI=1S/C14H10O2.2Co/c15-13-11-7-3-1-5-9(11)10-6-2-4-8-12(10)14(13)16;;/h1-8,15-16H;;/p-2. The molecule has 0 saturated carbocycles. The van der Waals surface area contributed by atoms with E-state index in [1.165, 1.54) is 0 Å². The first-order valence-electron chi connectivity index (χ1n) is 5.06. The summed E-state index contributed by atoms with van der Waals surface area (Å²) in [5.74, 6) is -0.816. The van der Waals surface area contributed by atoms with Gasteiger partial charge in [-0.25, -0.2) is 0 Å². The van der Waals surface area contributed by atoms with Crippen LogP contribution in [0.25, 0.3) is 21.5 Å². The monoisotopic (exact) mass is 326 g/mol. The molecule has 3 aromatic rings. The van der Waals surface area contributed by atoms with Crippen LogP contribution in [0.2, 0.25) is 0 Å². The Balaban J connectivity index is 0.000000810. The molecular formula is C14H8Co2O2-2. The van der Waals surface area contributed by atoms with Crippen molar-refractivity contribution >= 4 is 21.5 Å². The summed E-state index contributed by atoms with van der Waals surface area (Å²) in [4.78, 5) is 0. The Morgan fingerprint density at radius 2 is 0.778 bits per heavy atom. The van der Waals surface area contributed by atoms with Gasteiger partial charge >= 0.3 is 0 Å². The fourth-order valence-corrected chi connectivity index (χ4v) is 2.08. The maximum Gasteiger partial charge on any atom is 0 e. The Kier molecular flexibility index (Phi) is 4.64. The zero-order valence-electron chi connectivity index (χ0n) is 9.10. The molecule has 0 amide bonds. The summed E-state index contributed by atoms with van der Waals surface area (Å²) in [6.07, 6.45) is 0. The molecule has 0 N–H and O–H groups in total. The summed E-state index contributed by atoms with van der Waals surface area (Å²) in [6, 6.07) is 14.4. The minimum atomic E-state index is -0.408. The van der Waals surface area contributed by atoms with Crippen LogP contribution in [0.1, 0.15) is 0 Å². The van der Waals surface area contributed by atoms with E-state index in [-0.39, 0.29) is 33.6 Å². The Morgan fingerprint density at radius 1 is 0.500 bits per heavy atom. The predicted molar refractivity (Wildman–Crippen MR) is 60.3 cm³/mol. The largest absolute Gasteiger partial charge is 0.872 e.